The first-order chi connectivity index (χ1) is 53.5. The topological polar surface area (TPSA) is 237 Å². The molecule has 0 aliphatic heterocycles. The van der Waals surface area contributed by atoms with E-state index in [-0.39, 0.29) is 25.7 Å². The van der Waals surface area contributed by atoms with Gasteiger partial charge in [-0.3, -0.25) is 37.3 Å². The second-order valence-electron chi connectivity index (χ2n) is 33.2. The third-order valence-electron chi connectivity index (χ3n) is 21.5. The van der Waals surface area contributed by atoms with Gasteiger partial charge >= 0.3 is 39.5 Å². The van der Waals surface area contributed by atoms with Crippen molar-refractivity contribution in [3.8, 4) is 0 Å². The van der Waals surface area contributed by atoms with E-state index in [9.17, 15) is 43.2 Å². The predicted octanol–water partition coefficient (Wildman–Crippen LogP) is 28.3. The summed E-state index contributed by atoms with van der Waals surface area (Å²) in [4.78, 5) is 73.4. The molecule has 0 aliphatic carbocycles. The second kappa shape index (κ2) is 83.5. The second-order valence-corrected chi connectivity index (χ2v) is 36.1. The third-order valence-corrected chi connectivity index (χ3v) is 23.4. The number of aliphatic hydroxyl groups excluding tert-OH is 1. The molecular formula is C91H178O17P2. The maximum absolute atomic E-state index is 13.2. The van der Waals surface area contributed by atoms with Gasteiger partial charge in [0.2, 0.25) is 0 Å². The zero-order valence-electron chi connectivity index (χ0n) is 72.4. The molecule has 0 saturated heterocycles. The van der Waals surface area contributed by atoms with Crippen LogP contribution in [0.15, 0.2) is 0 Å². The van der Waals surface area contributed by atoms with Gasteiger partial charge in [-0.25, -0.2) is 9.13 Å². The van der Waals surface area contributed by atoms with Gasteiger partial charge in [0.1, 0.15) is 19.3 Å². The van der Waals surface area contributed by atoms with Crippen molar-refractivity contribution in [2.45, 2.75) is 515 Å². The van der Waals surface area contributed by atoms with Gasteiger partial charge in [-0.2, -0.15) is 0 Å². The summed E-state index contributed by atoms with van der Waals surface area (Å²) in [5.41, 5.74) is 0. The van der Waals surface area contributed by atoms with Crippen LogP contribution in [0.1, 0.15) is 497 Å². The molecule has 0 aliphatic rings. The number of ether oxygens (including phenoxy) is 4. The van der Waals surface area contributed by atoms with Crippen LogP contribution in [0, 0.1) is 5.92 Å². The van der Waals surface area contributed by atoms with Crippen molar-refractivity contribution in [1.29, 1.82) is 0 Å². The average molecular weight is 1610 g/mol. The van der Waals surface area contributed by atoms with Gasteiger partial charge in [0, 0.05) is 25.7 Å². The third kappa shape index (κ3) is 84.0. The molecule has 0 heterocycles. The van der Waals surface area contributed by atoms with Gasteiger partial charge in [-0.05, 0) is 31.6 Å². The van der Waals surface area contributed by atoms with E-state index in [1.165, 1.54) is 321 Å². The monoisotopic (exact) mass is 1610 g/mol. The summed E-state index contributed by atoms with van der Waals surface area (Å²) >= 11 is 0. The Balaban J connectivity index is 5.25. The fraction of sp³-hybridized carbons (Fsp3) is 0.956. The lowest BCUT2D eigenvalue weighted by Gasteiger charge is -2.21. The number of phosphoric ester groups is 2. The summed E-state index contributed by atoms with van der Waals surface area (Å²) in [5, 5.41) is 10.7. The summed E-state index contributed by atoms with van der Waals surface area (Å²) in [6.07, 6.45) is 79.2. The lowest BCUT2D eigenvalue weighted by atomic mass is 10.0. The van der Waals surface area contributed by atoms with E-state index < -0.39 is 97.5 Å². The Kier molecular flexibility index (Phi) is 82.1. The number of hydrogen-bond donors (Lipinski definition) is 3. The Hall–Kier alpha value is -1.94. The Morgan fingerprint density at radius 3 is 0.618 bits per heavy atom. The minimum Gasteiger partial charge on any atom is -0.462 e. The highest BCUT2D eigenvalue weighted by Gasteiger charge is 2.31. The molecule has 5 atom stereocenters. The molecule has 0 saturated carbocycles. The van der Waals surface area contributed by atoms with Crippen LogP contribution in [0.5, 0.6) is 0 Å². The van der Waals surface area contributed by atoms with E-state index in [2.05, 4.69) is 34.6 Å². The number of aliphatic hydroxyl groups is 1. The number of rotatable bonds is 91. The van der Waals surface area contributed by atoms with E-state index in [0.717, 1.165) is 95.8 Å². The van der Waals surface area contributed by atoms with Crippen LogP contribution in [0.2, 0.25) is 0 Å². The SMILES string of the molecule is CCCCCCCCCCCCCCCCCCCCCCCC(=O)O[C@H](COC(=O)CCCCCCCCCCCCCCCCCCCCCC)COP(=O)(O)OC[C@@H](O)COP(=O)(O)OC[C@@H](COC(=O)CCCCCCCCCCCCCCC)OC(=O)CCCCCCCCCCCCCCCC(C)C. The van der Waals surface area contributed by atoms with Crippen LogP contribution in [0.4, 0.5) is 0 Å². The number of unbranched alkanes of at least 4 members (excludes halogenated alkanes) is 63. The van der Waals surface area contributed by atoms with Crippen LogP contribution in [0.3, 0.4) is 0 Å². The molecule has 17 nitrogen and oxygen atoms in total. The Morgan fingerprint density at radius 1 is 0.245 bits per heavy atom. The van der Waals surface area contributed by atoms with Crippen LogP contribution in [-0.2, 0) is 65.4 Å². The highest BCUT2D eigenvalue weighted by molar-refractivity contribution is 7.47. The lowest BCUT2D eigenvalue weighted by molar-refractivity contribution is -0.161. The minimum absolute atomic E-state index is 0.108. The molecule has 3 N–H and O–H groups in total. The fourth-order valence-electron chi connectivity index (χ4n) is 14.4. The summed E-state index contributed by atoms with van der Waals surface area (Å²) in [6.45, 7) is 7.41. The Labute approximate surface area is 677 Å². The molecule has 0 amide bonds. The van der Waals surface area contributed by atoms with Gasteiger partial charge in [0.25, 0.3) is 0 Å². The van der Waals surface area contributed by atoms with Crippen molar-refractivity contribution < 1.29 is 80.2 Å². The molecule has 0 aromatic rings. The Morgan fingerprint density at radius 2 is 0.418 bits per heavy atom. The molecule has 0 fully saturated rings. The number of esters is 4. The molecule has 19 heteroatoms. The maximum Gasteiger partial charge on any atom is 0.472 e. The van der Waals surface area contributed by atoms with Crippen LogP contribution >= 0.6 is 15.6 Å². The molecule has 2 unspecified atom stereocenters. The average Bonchev–Trinajstić information content (AvgIpc) is 0.900. The van der Waals surface area contributed by atoms with Crippen molar-refractivity contribution >= 4 is 39.5 Å². The van der Waals surface area contributed by atoms with Crippen molar-refractivity contribution in [2.75, 3.05) is 39.6 Å². The van der Waals surface area contributed by atoms with Crippen molar-refractivity contribution in [3.05, 3.63) is 0 Å². The molecule has 0 aromatic heterocycles. The van der Waals surface area contributed by atoms with Crippen molar-refractivity contribution in [3.63, 3.8) is 0 Å². The predicted molar refractivity (Wildman–Crippen MR) is 455 cm³/mol. The number of carbonyl (C=O) groups excluding carboxylic acids is 4. The Bertz CT molecular complexity index is 2080. The largest absolute Gasteiger partial charge is 0.472 e. The minimum atomic E-state index is -4.97. The standard InChI is InChI=1S/C91H178O17P2/c1-6-9-12-15-18-21-24-27-29-31-33-35-37-39-41-46-51-56-61-66-71-76-90(95)107-87(81-102-89(94)75-70-65-60-55-50-45-40-38-36-34-32-30-28-25-22-19-16-13-10-7-2)83-106-110(99,100)104-79-85(92)78-103-109(97,98)105-82-86(80-101-88(93)74-69-64-59-54-49-43-26-23-20-17-14-11-8-3)108-91(96)77-72-67-62-57-52-47-42-44-48-53-58-63-68-73-84(4)5/h84-87,92H,6-83H2,1-5H3,(H,97,98)(H,99,100)/t85-,86+,87+/m0/s1. The number of carbonyl (C=O) groups is 4. The van der Waals surface area contributed by atoms with Crippen LogP contribution in [-0.4, -0.2) is 96.7 Å². The van der Waals surface area contributed by atoms with E-state index >= 15 is 0 Å². The van der Waals surface area contributed by atoms with Gasteiger partial charge in [-0.1, -0.05) is 446 Å². The molecule has 0 aromatic carbocycles. The first-order valence-corrected chi connectivity index (χ1v) is 50.1. The summed E-state index contributed by atoms with van der Waals surface area (Å²) in [6, 6.07) is 0. The molecule has 110 heavy (non-hydrogen) atoms. The first-order valence-electron chi connectivity index (χ1n) is 47.1. The summed E-state index contributed by atoms with van der Waals surface area (Å²) in [5.74, 6) is -1.31. The van der Waals surface area contributed by atoms with Crippen LogP contribution in [0.25, 0.3) is 0 Å². The number of hydrogen-bond acceptors (Lipinski definition) is 15. The van der Waals surface area contributed by atoms with Gasteiger partial charge < -0.3 is 33.8 Å². The molecule has 0 radical (unpaired) electrons. The normalized spacial score (nSPS) is 13.7. The van der Waals surface area contributed by atoms with Crippen molar-refractivity contribution in [2.24, 2.45) is 5.92 Å². The van der Waals surface area contributed by atoms with E-state index in [1.54, 1.807) is 0 Å². The quantitative estimate of drug-likeness (QED) is 0.0222. The molecular weight excluding hydrogens is 1430 g/mol. The maximum atomic E-state index is 13.2. The zero-order chi connectivity index (χ0) is 80.4. The van der Waals surface area contributed by atoms with Gasteiger partial charge in [0.05, 0.1) is 26.4 Å². The molecule has 654 valence electrons. The van der Waals surface area contributed by atoms with Crippen molar-refractivity contribution in [1.82, 2.24) is 0 Å². The van der Waals surface area contributed by atoms with E-state index in [4.69, 9.17) is 37.0 Å². The first kappa shape index (κ1) is 108. The molecule has 0 rings (SSSR count). The van der Waals surface area contributed by atoms with Crippen LogP contribution < -0.4 is 0 Å². The summed E-state index contributed by atoms with van der Waals surface area (Å²) in [7, 11) is -9.94. The molecule has 0 bridgehead atoms. The smallest absolute Gasteiger partial charge is 0.462 e. The highest BCUT2D eigenvalue weighted by atomic mass is 31.2. The lowest BCUT2D eigenvalue weighted by Crippen LogP contribution is -2.30. The highest BCUT2D eigenvalue weighted by Crippen LogP contribution is 2.45. The van der Waals surface area contributed by atoms with Gasteiger partial charge in [0.15, 0.2) is 12.2 Å². The number of phosphoric acid groups is 2. The van der Waals surface area contributed by atoms with E-state index in [0.29, 0.717) is 25.7 Å². The fourth-order valence-corrected chi connectivity index (χ4v) is 15.9. The van der Waals surface area contributed by atoms with E-state index in [1.807, 2.05) is 0 Å². The molecule has 0 spiro atoms. The zero-order valence-corrected chi connectivity index (χ0v) is 74.2. The van der Waals surface area contributed by atoms with Gasteiger partial charge in [-0.15, -0.1) is 0 Å². The summed E-state index contributed by atoms with van der Waals surface area (Å²) < 4.78 is 69.1.